The molecule has 2 aliphatic rings. The molecule has 1 aromatic rings. The summed E-state index contributed by atoms with van der Waals surface area (Å²) in [7, 11) is 0. The first-order valence-corrected chi connectivity index (χ1v) is 10.0. The molecule has 2 saturated heterocycles. The van der Waals surface area contributed by atoms with Crippen molar-refractivity contribution in [1.82, 2.24) is 14.8 Å². The van der Waals surface area contributed by atoms with E-state index in [1.807, 2.05) is 18.2 Å². The summed E-state index contributed by atoms with van der Waals surface area (Å²) in [6, 6.07) is 4.79. The van der Waals surface area contributed by atoms with Gasteiger partial charge in [0, 0.05) is 25.3 Å². The second-order valence-corrected chi connectivity index (χ2v) is 7.32. The molecule has 0 saturated carbocycles. The van der Waals surface area contributed by atoms with Gasteiger partial charge in [0.2, 0.25) is 5.91 Å². The summed E-state index contributed by atoms with van der Waals surface area (Å²) in [4.78, 5) is 44.0. The molecule has 2 amide bonds. The average molecular weight is 393 g/mol. The van der Waals surface area contributed by atoms with Crippen molar-refractivity contribution >= 4 is 29.7 Å². The zero-order valence-corrected chi connectivity index (χ0v) is 16.0. The Morgan fingerprint density at radius 3 is 2.78 bits per heavy atom. The molecule has 0 radical (unpaired) electrons. The van der Waals surface area contributed by atoms with E-state index in [9.17, 15) is 14.4 Å². The van der Waals surface area contributed by atoms with Crippen LogP contribution in [0.2, 0.25) is 0 Å². The summed E-state index contributed by atoms with van der Waals surface area (Å²) in [6.45, 7) is 3.11. The number of pyridine rings is 1. The summed E-state index contributed by atoms with van der Waals surface area (Å²) in [5.74, 6) is -0.0533. The van der Waals surface area contributed by atoms with Crippen LogP contribution in [-0.2, 0) is 19.1 Å². The summed E-state index contributed by atoms with van der Waals surface area (Å²) in [6.07, 6.45) is 2.45. The van der Waals surface area contributed by atoms with E-state index >= 15 is 0 Å². The molecule has 3 rings (SSSR count). The van der Waals surface area contributed by atoms with Gasteiger partial charge in [-0.3, -0.25) is 9.69 Å². The molecule has 0 aliphatic carbocycles. The molecule has 2 fully saturated rings. The molecule has 1 aromatic heterocycles. The van der Waals surface area contributed by atoms with Gasteiger partial charge in [-0.25, -0.2) is 14.6 Å². The molecule has 2 aliphatic heterocycles. The Hall–Kier alpha value is -2.29. The highest BCUT2D eigenvalue weighted by Crippen LogP contribution is 2.25. The summed E-state index contributed by atoms with van der Waals surface area (Å²) < 4.78 is 10.1. The maximum absolute atomic E-state index is 12.4. The second-order valence-electron chi connectivity index (χ2n) is 6.32. The number of carbonyl (C=O) groups excluding carboxylic acids is 3. The van der Waals surface area contributed by atoms with E-state index in [1.54, 1.807) is 18.0 Å². The molecule has 1 atom stereocenters. The van der Waals surface area contributed by atoms with Crippen LogP contribution in [0.1, 0.15) is 19.8 Å². The van der Waals surface area contributed by atoms with Crippen LogP contribution in [0.25, 0.3) is 0 Å². The van der Waals surface area contributed by atoms with Crippen molar-refractivity contribution in [1.29, 1.82) is 0 Å². The van der Waals surface area contributed by atoms with Gasteiger partial charge in [0.15, 0.2) is 6.04 Å². The van der Waals surface area contributed by atoms with Crippen LogP contribution >= 0.6 is 11.8 Å². The number of rotatable bonds is 6. The zero-order valence-electron chi connectivity index (χ0n) is 15.2. The number of amides is 2. The third kappa shape index (κ3) is 4.71. The molecular weight excluding hydrogens is 370 g/mol. The molecule has 9 heteroatoms. The number of esters is 1. The van der Waals surface area contributed by atoms with E-state index in [-0.39, 0.29) is 25.2 Å². The highest BCUT2D eigenvalue weighted by atomic mass is 32.2. The second kappa shape index (κ2) is 9.07. The monoisotopic (exact) mass is 393 g/mol. The van der Waals surface area contributed by atoms with E-state index in [1.165, 1.54) is 16.7 Å². The lowest BCUT2D eigenvalue weighted by atomic mass is 10.0. The molecule has 0 N–H and O–H groups in total. The maximum Gasteiger partial charge on any atom is 0.410 e. The van der Waals surface area contributed by atoms with Crippen LogP contribution in [-0.4, -0.2) is 76.9 Å². The summed E-state index contributed by atoms with van der Waals surface area (Å²) in [5, 5.41) is 0.817. The van der Waals surface area contributed by atoms with Crippen LogP contribution in [0, 0.1) is 0 Å². The predicted octanol–water partition coefficient (Wildman–Crippen LogP) is 1.55. The Bertz CT molecular complexity index is 679. The van der Waals surface area contributed by atoms with E-state index in [2.05, 4.69) is 4.98 Å². The number of cyclic esters (lactones) is 1. The summed E-state index contributed by atoms with van der Waals surface area (Å²) in [5.41, 5.74) is 0. The number of aromatic nitrogens is 1. The fourth-order valence-electron chi connectivity index (χ4n) is 3.31. The topological polar surface area (TPSA) is 89.0 Å². The first-order valence-electron chi connectivity index (χ1n) is 9.03. The molecule has 3 heterocycles. The maximum atomic E-state index is 12.4. The van der Waals surface area contributed by atoms with Crippen LogP contribution in [0.15, 0.2) is 29.4 Å². The first-order chi connectivity index (χ1) is 13.1. The normalized spacial score (nSPS) is 20.5. The lowest BCUT2D eigenvalue weighted by Crippen LogP contribution is -2.52. The number of hydrogen-bond acceptors (Lipinski definition) is 7. The molecule has 146 valence electrons. The fraction of sp³-hybridized carbons (Fsp3) is 0.556. The van der Waals surface area contributed by atoms with Gasteiger partial charge in [-0.05, 0) is 31.9 Å². The van der Waals surface area contributed by atoms with E-state index in [4.69, 9.17) is 9.47 Å². The van der Waals surface area contributed by atoms with Gasteiger partial charge in [-0.2, -0.15) is 0 Å². The molecule has 0 unspecified atom stereocenters. The fourth-order valence-corrected chi connectivity index (χ4v) is 4.07. The lowest BCUT2D eigenvalue weighted by Gasteiger charge is -2.37. The summed E-state index contributed by atoms with van der Waals surface area (Å²) >= 11 is 1.41. The number of likely N-dealkylation sites (tertiary alicyclic amines) is 1. The molecule has 8 nitrogen and oxygen atoms in total. The van der Waals surface area contributed by atoms with Gasteiger partial charge in [-0.1, -0.05) is 17.8 Å². The molecular formula is C18H23N3O5S. The number of piperidine rings is 1. The largest absolute Gasteiger partial charge is 0.464 e. The van der Waals surface area contributed by atoms with Crippen molar-refractivity contribution in [2.24, 2.45) is 0 Å². The van der Waals surface area contributed by atoms with Gasteiger partial charge in [0.1, 0.15) is 6.61 Å². The first kappa shape index (κ1) is 19.5. The number of carbonyl (C=O) groups is 3. The van der Waals surface area contributed by atoms with E-state index in [0.29, 0.717) is 31.7 Å². The van der Waals surface area contributed by atoms with Crippen molar-refractivity contribution in [3.05, 3.63) is 24.4 Å². The van der Waals surface area contributed by atoms with Crippen molar-refractivity contribution in [2.45, 2.75) is 36.9 Å². The Balaban J connectivity index is 1.51. The minimum Gasteiger partial charge on any atom is -0.464 e. The van der Waals surface area contributed by atoms with Crippen LogP contribution < -0.4 is 0 Å². The Morgan fingerprint density at radius 1 is 1.33 bits per heavy atom. The SMILES string of the molecule is CCOC(=O)[C@@H]1COC(=O)N1C1CCN(C(=O)CSc2ccccn2)CC1. The van der Waals surface area contributed by atoms with Gasteiger partial charge in [0.05, 0.1) is 17.4 Å². The Morgan fingerprint density at radius 2 is 2.11 bits per heavy atom. The van der Waals surface area contributed by atoms with Gasteiger partial charge in [0.25, 0.3) is 0 Å². The van der Waals surface area contributed by atoms with Gasteiger partial charge < -0.3 is 14.4 Å². The van der Waals surface area contributed by atoms with Gasteiger partial charge in [-0.15, -0.1) is 0 Å². The zero-order chi connectivity index (χ0) is 19.2. The molecule has 0 bridgehead atoms. The Labute approximate surface area is 162 Å². The average Bonchev–Trinajstić information content (AvgIpc) is 3.09. The van der Waals surface area contributed by atoms with E-state index in [0.717, 1.165) is 5.03 Å². The van der Waals surface area contributed by atoms with Gasteiger partial charge >= 0.3 is 12.1 Å². The number of nitrogens with zero attached hydrogens (tertiary/aromatic N) is 3. The standard InChI is InChI=1S/C18H23N3O5S/c1-2-25-17(23)14-11-26-18(24)21(14)13-6-9-20(10-7-13)16(22)12-27-15-5-3-4-8-19-15/h3-5,8,13-14H,2,6-7,9-12H2,1H3/t14-/m0/s1. The Kier molecular flexibility index (Phi) is 6.54. The van der Waals surface area contributed by atoms with Crippen LogP contribution in [0.3, 0.4) is 0 Å². The molecule has 0 spiro atoms. The molecule has 27 heavy (non-hydrogen) atoms. The minimum atomic E-state index is -0.690. The number of thioether (sulfide) groups is 1. The molecule has 0 aromatic carbocycles. The number of hydrogen-bond donors (Lipinski definition) is 0. The van der Waals surface area contributed by atoms with Crippen molar-refractivity contribution in [3.63, 3.8) is 0 Å². The lowest BCUT2D eigenvalue weighted by molar-refractivity contribution is -0.148. The quantitative estimate of drug-likeness (QED) is 0.535. The third-order valence-corrected chi connectivity index (χ3v) is 5.59. The third-order valence-electron chi connectivity index (χ3n) is 4.66. The van der Waals surface area contributed by atoms with Crippen molar-refractivity contribution in [2.75, 3.05) is 32.1 Å². The highest BCUT2D eigenvalue weighted by Gasteiger charge is 2.44. The van der Waals surface area contributed by atoms with Crippen molar-refractivity contribution in [3.8, 4) is 0 Å². The van der Waals surface area contributed by atoms with Crippen molar-refractivity contribution < 1.29 is 23.9 Å². The minimum absolute atomic E-state index is 0.0253. The number of ether oxygens (including phenoxy) is 2. The van der Waals surface area contributed by atoms with Crippen LogP contribution in [0.4, 0.5) is 4.79 Å². The van der Waals surface area contributed by atoms with Crippen LogP contribution in [0.5, 0.6) is 0 Å². The smallest absolute Gasteiger partial charge is 0.410 e. The van der Waals surface area contributed by atoms with E-state index < -0.39 is 18.1 Å². The predicted molar refractivity (Wildman–Crippen MR) is 98.2 cm³/mol. The highest BCUT2D eigenvalue weighted by molar-refractivity contribution is 7.99.